The number of aryl methyl sites for hydroxylation is 1. The molecule has 0 aliphatic rings. The molecule has 0 bridgehead atoms. The van der Waals surface area contributed by atoms with Crippen LogP contribution < -0.4 is 5.73 Å². The average Bonchev–Trinajstić information content (AvgIpc) is 2.15. The zero-order valence-electron chi connectivity index (χ0n) is 5.89. The summed E-state index contributed by atoms with van der Waals surface area (Å²) in [7, 11) is 2.03. The lowest BCUT2D eigenvalue weighted by atomic mass is 10.4. The topological polar surface area (TPSA) is 30.9 Å². The SMILES string of the molecule is Cc1ccc(CN)n1C. The van der Waals surface area contributed by atoms with E-state index in [1.807, 2.05) is 7.05 Å². The molecule has 0 aromatic carbocycles. The van der Waals surface area contributed by atoms with Crippen molar-refractivity contribution < 1.29 is 0 Å². The van der Waals surface area contributed by atoms with Gasteiger partial charge in [-0.25, -0.2) is 0 Å². The molecule has 0 unspecified atom stereocenters. The lowest BCUT2D eigenvalue weighted by Gasteiger charge is -1.99. The summed E-state index contributed by atoms with van der Waals surface area (Å²) in [5.41, 5.74) is 7.89. The van der Waals surface area contributed by atoms with Crippen LogP contribution in [0.1, 0.15) is 11.4 Å². The number of rotatable bonds is 1. The molecule has 0 aliphatic carbocycles. The second-order valence-electron chi connectivity index (χ2n) is 2.23. The Morgan fingerprint density at radius 1 is 1.56 bits per heavy atom. The van der Waals surface area contributed by atoms with Crippen molar-refractivity contribution in [1.29, 1.82) is 0 Å². The molecule has 0 atom stereocenters. The quantitative estimate of drug-likeness (QED) is 0.589. The molecule has 1 aromatic heterocycles. The summed E-state index contributed by atoms with van der Waals surface area (Å²) < 4.78 is 2.10. The van der Waals surface area contributed by atoms with Crippen LogP contribution in [0.15, 0.2) is 12.1 Å². The van der Waals surface area contributed by atoms with Crippen molar-refractivity contribution >= 4 is 0 Å². The molecule has 2 nitrogen and oxygen atoms in total. The van der Waals surface area contributed by atoms with E-state index in [1.54, 1.807) is 0 Å². The predicted molar refractivity (Wildman–Crippen MR) is 38.0 cm³/mol. The molecule has 0 saturated heterocycles. The highest BCUT2D eigenvalue weighted by atomic mass is 15.0. The van der Waals surface area contributed by atoms with Gasteiger partial charge in [0.1, 0.15) is 0 Å². The molecule has 2 heteroatoms. The molecule has 0 amide bonds. The minimum absolute atomic E-state index is 0.629. The van der Waals surface area contributed by atoms with E-state index >= 15 is 0 Å². The van der Waals surface area contributed by atoms with Crippen LogP contribution >= 0.6 is 0 Å². The summed E-state index contributed by atoms with van der Waals surface area (Å²) in [5, 5.41) is 0. The molecule has 50 valence electrons. The normalized spacial score (nSPS) is 10.1. The number of hydrogen-bond acceptors (Lipinski definition) is 1. The third-order valence-corrected chi connectivity index (χ3v) is 1.69. The Bertz CT molecular complexity index is 201. The summed E-state index contributed by atoms with van der Waals surface area (Å²) >= 11 is 0. The Kier molecular flexibility index (Phi) is 1.58. The largest absolute Gasteiger partial charge is 0.351 e. The molecular weight excluding hydrogens is 112 g/mol. The highest BCUT2D eigenvalue weighted by Crippen LogP contribution is 2.03. The van der Waals surface area contributed by atoms with Gasteiger partial charge < -0.3 is 10.3 Å². The Labute approximate surface area is 55.3 Å². The van der Waals surface area contributed by atoms with Gasteiger partial charge >= 0.3 is 0 Å². The maximum atomic E-state index is 5.44. The molecular formula is C7H12N2. The summed E-state index contributed by atoms with van der Waals surface area (Å²) in [6, 6.07) is 4.12. The Balaban J connectivity index is 3.04. The highest BCUT2D eigenvalue weighted by Gasteiger charge is 1.95. The van der Waals surface area contributed by atoms with E-state index in [-0.39, 0.29) is 0 Å². The molecule has 9 heavy (non-hydrogen) atoms. The van der Waals surface area contributed by atoms with Gasteiger partial charge in [-0.2, -0.15) is 0 Å². The number of aromatic nitrogens is 1. The van der Waals surface area contributed by atoms with Gasteiger partial charge in [0.05, 0.1) is 0 Å². The van der Waals surface area contributed by atoms with E-state index in [0.717, 1.165) is 0 Å². The van der Waals surface area contributed by atoms with Crippen LogP contribution in [0.2, 0.25) is 0 Å². The molecule has 0 fully saturated rings. The zero-order chi connectivity index (χ0) is 6.85. The standard InChI is InChI=1S/C7H12N2/c1-6-3-4-7(5-8)9(6)2/h3-4H,5,8H2,1-2H3. The second-order valence-corrected chi connectivity index (χ2v) is 2.23. The highest BCUT2D eigenvalue weighted by molar-refractivity contribution is 5.13. The first-order valence-corrected chi connectivity index (χ1v) is 3.07. The first-order chi connectivity index (χ1) is 4.25. The van der Waals surface area contributed by atoms with Gasteiger partial charge in [0.15, 0.2) is 0 Å². The summed E-state index contributed by atoms with van der Waals surface area (Å²) in [5.74, 6) is 0. The molecule has 0 radical (unpaired) electrons. The van der Waals surface area contributed by atoms with Crippen LogP contribution in [0.4, 0.5) is 0 Å². The molecule has 1 aromatic rings. The van der Waals surface area contributed by atoms with Crippen molar-refractivity contribution in [2.45, 2.75) is 13.5 Å². The van der Waals surface area contributed by atoms with Crippen molar-refractivity contribution in [2.24, 2.45) is 12.8 Å². The molecule has 0 spiro atoms. The van der Waals surface area contributed by atoms with Crippen LogP contribution in [0.5, 0.6) is 0 Å². The van der Waals surface area contributed by atoms with Crippen molar-refractivity contribution in [3.63, 3.8) is 0 Å². The Morgan fingerprint density at radius 3 is 2.44 bits per heavy atom. The van der Waals surface area contributed by atoms with Crippen LogP contribution in [0.25, 0.3) is 0 Å². The van der Waals surface area contributed by atoms with E-state index in [1.165, 1.54) is 11.4 Å². The first kappa shape index (κ1) is 6.36. The molecule has 2 N–H and O–H groups in total. The minimum Gasteiger partial charge on any atom is -0.351 e. The Hall–Kier alpha value is -0.760. The zero-order valence-corrected chi connectivity index (χ0v) is 5.89. The van der Waals surface area contributed by atoms with Gasteiger partial charge in [-0.3, -0.25) is 0 Å². The Morgan fingerprint density at radius 2 is 2.22 bits per heavy atom. The van der Waals surface area contributed by atoms with Crippen molar-refractivity contribution in [3.05, 3.63) is 23.5 Å². The van der Waals surface area contributed by atoms with Gasteiger partial charge in [0.2, 0.25) is 0 Å². The van der Waals surface area contributed by atoms with E-state index in [0.29, 0.717) is 6.54 Å². The maximum Gasteiger partial charge on any atom is 0.0334 e. The molecule has 0 aliphatic heterocycles. The third-order valence-electron chi connectivity index (χ3n) is 1.69. The second kappa shape index (κ2) is 2.23. The fourth-order valence-corrected chi connectivity index (χ4v) is 0.872. The summed E-state index contributed by atoms with van der Waals surface area (Å²) in [6.45, 7) is 2.70. The van der Waals surface area contributed by atoms with Crippen LogP contribution in [-0.4, -0.2) is 4.57 Å². The van der Waals surface area contributed by atoms with Crippen molar-refractivity contribution in [2.75, 3.05) is 0 Å². The minimum atomic E-state index is 0.629. The van der Waals surface area contributed by atoms with Gasteiger partial charge in [-0.1, -0.05) is 0 Å². The monoisotopic (exact) mass is 124 g/mol. The fourth-order valence-electron chi connectivity index (χ4n) is 0.872. The number of nitrogens with zero attached hydrogens (tertiary/aromatic N) is 1. The van der Waals surface area contributed by atoms with E-state index in [4.69, 9.17) is 5.73 Å². The lowest BCUT2D eigenvalue weighted by molar-refractivity contribution is 0.797. The van der Waals surface area contributed by atoms with E-state index in [2.05, 4.69) is 23.6 Å². The van der Waals surface area contributed by atoms with Gasteiger partial charge in [0.25, 0.3) is 0 Å². The van der Waals surface area contributed by atoms with Gasteiger partial charge in [-0.05, 0) is 19.1 Å². The van der Waals surface area contributed by atoms with Crippen LogP contribution in [0, 0.1) is 6.92 Å². The molecule has 0 saturated carbocycles. The third kappa shape index (κ3) is 0.980. The summed E-state index contributed by atoms with van der Waals surface area (Å²) in [4.78, 5) is 0. The maximum absolute atomic E-state index is 5.44. The van der Waals surface area contributed by atoms with Crippen LogP contribution in [-0.2, 0) is 13.6 Å². The molecule has 1 heterocycles. The van der Waals surface area contributed by atoms with E-state index < -0.39 is 0 Å². The summed E-state index contributed by atoms with van der Waals surface area (Å²) in [6.07, 6.45) is 0. The number of hydrogen-bond donors (Lipinski definition) is 1. The average molecular weight is 124 g/mol. The van der Waals surface area contributed by atoms with Gasteiger partial charge in [0, 0.05) is 25.0 Å². The molecule has 1 rings (SSSR count). The fraction of sp³-hybridized carbons (Fsp3) is 0.429. The predicted octanol–water partition coefficient (Wildman–Crippen LogP) is 0.792. The van der Waals surface area contributed by atoms with E-state index in [9.17, 15) is 0 Å². The smallest absolute Gasteiger partial charge is 0.0334 e. The van der Waals surface area contributed by atoms with Crippen LogP contribution in [0.3, 0.4) is 0 Å². The van der Waals surface area contributed by atoms with Crippen molar-refractivity contribution in [1.82, 2.24) is 4.57 Å². The van der Waals surface area contributed by atoms with Gasteiger partial charge in [-0.15, -0.1) is 0 Å². The lowest BCUT2D eigenvalue weighted by Crippen LogP contribution is -2.03. The first-order valence-electron chi connectivity index (χ1n) is 3.07. The number of nitrogens with two attached hydrogens (primary N) is 1. The van der Waals surface area contributed by atoms with Crippen molar-refractivity contribution in [3.8, 4) is 0 Å².